The zero-order valence-electron chi connectivity index (χ0n) is 11.0. The lowest BCUT2D eigenvalue weighted by atomic mass is 10.0. The Morgan fingerprint density at radius 3 is 2.47 bits per heavy atom. The summed E-state index contributed by atoms with van der Waals surface area (Å²) in [5.74, 6) is 0.238. The minimum absolute atomic E-state index is 0.0214. The summed E-state index contributed by atoms with van der Waals surface area (Å²) < 4.78 is 23.8. The van der Waals surface area contributed by atoms with Gasteiger partial charge in [-0.2, -0.15) is 0 Å². The Kier molecular flexibility index (Phi) is 4.37. The molecule has 1 heterocycles. The summed E-state index contributed by atoms with van der Waals surface area (Å²) in [7, 11) is -3.06. The summed E-state index contributed by atoms with van der Waals surface area (Å²) in [5, 5.41) is 3.29. The molecule has 2 rings (SSSR count). The van der Waals surface area contributed by atoms with E-state index < -0.39 is 9.84 Å². The maximum atomic E-state index is 11.9. The number of carbonyl (C=O) groups is 1. The summed E-state index contributed by atoms with van der Waals surface area (Å²) in [5.41, 5.74) is 1.11. The lowest BCUT2D eigenvalue weighted by Gasteiger charge is -2.30. The number of sulfone groups is 1. The van der Waals surface area contributed by atoms with Crippen LogP contribution in [-0.4, -0.2) is 37.8 Å². The second-order valence-electron chi connectivity index (χ2n) is 5.23. The van der Waals surface area contributed by atoms with Crippen LogP contribution < -0.4 is 5.32 Å². The van der Waals surface area contributed by atoms with Crippen LogP contribution in [-0.2, 0) is 21.1 Å². The van der Waals surface area contributed by atoms with E-state index in [1.807, 2.05) is 30.3 Å². The molecule has 0 amide bonds. The lowest BCUT2D eigenvalue weighted by Crippen LogP contribution is -2.53. The van der Waals surface area contributed by atoms with Crippen LogP contribution in [0.1, 0.15) is 18.9 Å². The van der Waals surface area contributed by atoms with Crippen LogP contribution in [0.4, 0.5) is 0 Å². The highest BCUT2D eigenvalue weighted by molar-refractivity contribution is 7.91. The third kappa shape index (κ3) is 4.44. The van der Waals surface area contributed by atoms with Crippen molar-refractivity contribution in [2.45, 2.75) is 31.8 Å². The largest absolute Gasteiger partial charge is 0.308 e. The van der Waals surface area contributed by atoms with Crippen molar-refractivity contribution < 1.29 is 13.2 Å². The van der Waals surface area contributed by atoms with Crippen molar-refractivity contribution in [1.82, 2.24) is 5.32 Å². The Balaban J connectivity index is 2.06. The van der Waals surface area contributed by atoms with Crippen LogP contribution in [0.15, 0.2) is 30.3 Å². The Morgan fingerprint density at radius 1 is 1.21 bits per heavy atom. The summed E-state index contributed by atoms with van der Waals surface area (Å²) >= 11 is 0. The first-order valence-electron chi connectivity index (χ1n) is 6.44. The third-order valence-corrected chi connectivity index (χ3v) is 5.06. The van der Waals surface area contributed by atoms with E-state index in [1.54, 1.807) is 0 Å². The van der Waals surface area contributed by atoms with Gasteiger partial charge in [0.25, 0.3) is 0 Å². The predicted molar refractivity (Wildman–Crippen MR) is 74.8 cm³/mol. The van der Waals surface area contributed by atoms with Gasteiger partial charge < -0.3 is 5.32 Å². The van der Waals surface area contributed by atoms with Crippen molar-refractivity contribution in [3.8, 4) is 0 Å². The number of nitrogens with one attached hydrogen (secondary N) is 1. The van der Waals surface area contributed by atoms with Crippen molar-refractivity contribution in [2.24, 2.45) is 0 Å². The highest BCUT2D eigenvalue weighted by Gasteiger charge is 2.31. The molecule has 0 spiro atoms. The number of hydrogen-bond acceptors (Lipinski definition) is 4. The van der Waals surface area contributed by atoms with Gasteiger partial charge >= 0.3 is 0 Å². The monoisotopic (exact) mass is 281 g/mol. The molecule has 1 fully saturated rings. The first-order valence-corrected chi connectivity index (χ1v) is 8.26. The number of benzene rings is 1. The second kappa shape index (κ2) is 5.84. The van der Waals surface area contributed by atoms with Crippen LogP contribution in [0.5, 0.6) is 0 Å². The molecule has 0 aromatic heterocycles. The van der Waals surface area contributed by atoms with Gasteiger partial charge in [-0.05, 0) is 18.9 Å². The van der Waals surface area contributed by atoms with E-state index in [2.05, 4.69) is 5.32 Å². The molecule has 1 aliphatic rings. The van der Waals surface area contributed by atoms with Crippen molar-refractivity contribution >= 4 is 15.6 Å². The van der Waals surface area contributed by atoms with Gasteiger partial charge in [0.15, 0.2) is 9.84 Å². The molecule has 1 aromatic carbocycles. The Labute approximate surface area is 114 Å². The summed E-state index contributed by atoms with van der Waals surface area (Å²) in [6.07, 6.45) is 0.957. The highest BCUT2D eigenvalue weighted by atomic mass is 32.2. The summed E-state index contributed by atoms with van der Waals surface area (Å²) in [6, 6.07) is 9.45. The van der Waals surface area contributed by atoms with Gasteiger partial charge in [0, 0.05) is 18.5 Å². The van der Waals surface area contributed by atoms with E-state index >= 15 is 0 Å². The maximum absolute atomic E-state index is 11.9. The molecule has 19 heavy (non-hydrogen) atoms. The van der Waals surface area contributed by atoms with Gasteiger partial charge in [-0.3, -0.25) is 4.79 Å². The van der Waals surface area contributed by atoms with Crippen molar-refractivity contribution in [2.75, 3.05) is 11.5 Å². The van der Waals surface area contributed by atoms with E-state index in [-0.39, 0.29) is 35.8 Å². The van der Waals surface area contributed by atoms with Crippen LogP contribution in [0.2, 0.25) is 0 Å². The molecule has 1 N–H and O–H groups in total. The smallest absolute Gasteiger partial charge is 0.153 e. The molecule has 2 atom stereocenters. The predicted octanol–water partition coefficient (Wildman–Crippen LogP) is 0.963. The summed E-state index contributed by atoms with van der Waals surface area (Å²) in [4.78, 5) is 11.2. The standard InChI is InChI=1S/C14H19NO3S/c1-11(16)7-13-9-19(17,18)10-14(15-13)8-12-5-3-2-4-6-12/h2-6,13-15H,7-10H2,1H3/t13-,14+/m1/s1. The number of ketones is 1. The molecular formula is C14H19NO3S. The van der Waals surface area contributed by atoms with Crippen molar-refractivity contribution in [3.63, 3.8) is 0 Å². The Hall–Kier alpha value is -1.20. The molecular weight excluding hydrogens is 262 g/mol. The zero-order valence-corrected chi connectivity index (χ0v) is 11.8. The first-order chi connectivity index (χ1) is 8.94. The average molecular weight is 281 g/mol. The van der Waals surface area contributed by atoms with Crippen LogP contribution in [0.25, 0.3) is 0 Å². The number of rotatable bonds is 4. The van der Waals surface area contributed by atoms with E-state index in [4.69, 9.17) is 0 Å². The lowest BCUT2D eigenvalue weighted by molar-refractivity contribution is -0.117. The highest BCUT2D eigenvalue weighted by Crippen LogP contribution is 2.14. The van der Waals surface area contributed by atoms with Gasteiger partial charge in [0.1, 0.15) is 5.78 Å². The fourth-order valence-electron chi connectivity index (χ4n) is 2.59. The molecule has 0 aliphatic carbocycles. The van der Waals surface area contributed by atoms with Crippen LogP contribution in [0.3, 0.4) is 0 Å². The average Bonchev–Trinajstić information content (AvgIpc) is 2.26. The molecule has 5 heteroatoms. The normalized spacial score (nSPS) is 25.9. The number of hydrogen-bond donors (Lipinski definition) is 1. The Bertz CT molecular complexity index is 539. The maximum Gasteiger partial charge on any atom is 0.153 e. The fraction of sp³-hybridized carbons (Fsp3) is 0.500. The molecule has 1 aliphatic heterocycles. The van der Waals surface area contributed by atoms with Crippen molar-refractivity contribution in [3.05, 3.63) is 35.9 Å². The van der Waals surface area contributed by atoms with E-state index in [0.717, 1.165) is 5.56 Å². The van der Waals surface area contributed by atoms with E-state index in [1.165, 1.54) is 6.92 Å². The van der Waals surface area contributed by atoms with Gasteiger partial charge in [0.2, 0.25) is 0 Å². The minimum Gasteiger partial charge on any atom is -0.308 e. The fourth-order valence-corrected chi connectivity index (χ4v) is 4.38. The topological polar surface area (TPSA) is 63.2 Å². The summed E-state index contributed by atoms with van der Waals surface area (Å²) in [6.45, 7) is 1.50. The van der Waals surface area contributed by atoms with Gasteiger partial charge in [-0.1, -0.05) is 30.3 Å². The molecule has 0 bridgehead atoms. The van der Waals surface area contributed by atoms with E-state index in [9.17, 15) is 13.2 Å². The van der Waals surface area contributed by atoms with Crippen molar-refractivity contribution in [1.29, 1.82) is 0 Å². The molecule has 0 radical (unpaired) electrons. The number of carbonyl (C=O) groups excluding carboxylic acids is 1. The quantitative estimate of drug-likeness (QED) is 0.893. The minimum atomic E-state index is -3.06. The van der Waals surface area contributed by atoms with Gasteiger partial charge in [0.05, 0.1) is 11.5 Å². The molecule has 4 nitrogen and oxygen atoms in total. The Morgan fingerprint density at radius 2 is 1.84 bits per heavy atom. The zero-order chi connectivity index (χ0) is 13.9. The molecule has 1 aromatic rings. The SMILES string of the molecule is CC(=O)C[C@@H]1CS(=O)(=O)C[C@H](Cc2ccccc2)N1. The third-order valence-electron chi connectivity index (χ3n) is 3.24. The molecule has 0 unspecified atom stereocenters. The van der Waals surface area contributed by atoms with E-state index in [0.29, 0.717) is 6.42 Å². The second-order valence-corrected chi connectivity index (χ2v) is 7.39. The van der Waals surface area contributed by atoms with Gasteiger partial charge in [-0.15, -0.1) is 0 Å². The van der Waals surface area contributed by atoms with Gasteiger partial charge in [-0.25, -0.2) is 8.42 Å². The molecule has 104 valence electrons. The molecule has 0 saturated carbocycles. The van der Waals surface area contributed by atoms with Crippen LogP contribution in [0, 0.1) is 0 Å². The number of Topliss-reactive ketones (excluding diaryl/α,β-unsaturated/α-hetero) is 1. The van der Waals surface area contributed by atoms with Crippen LogP contribution >= 0.6 is 0 Å². The first kappa shape index (κ1) is 14.2. The molecule has 1 saturated heterocycles.